The molecule has 2 rings (SSSR count). The van der Waals surface area contributed by atoms with Gasteiger partial charge >= 0.3 is 0 Å². The summed E-state index contributed by atoms with van der Waals surface area (Å²) in [5.74, 6) is 0. The quantitative estimate of drug-likeness (QED) is 0.690. The third kappa shape index (κ3) is 2.39. The molecule has 1 heterocycles. The van der Waals surface area contributed by atoms with Crippen LogP contribution in [-0.2, 0) is 5.41 Å². The van der Waals surface area contributed by atoms with Crippen molar-refractivity contribution >= 4 is 5.69 Å². The predicted octanol–water partition coefficient (Wildman–Crippen LogP) is 2.52. The van der Waals surface area contributed by atoms with Crippen LogP contribution in [0.2, 0.25) is 0 Å². The lowest BCUT2D eigenvalue weighted by Gasteiger charge is -2.21. The van der Waals surface area contributed by atoms with Crippen molar-refractivity contribution in [3.63, 3.8) is 0 Å². The summed E-state index contributed by atoms with van der Waals surface area (Å²) in [6.07, 6.45) is 1.75. The lowest BCUT2D eigenvalue weighted by Crippen LogP contribution is -2.33. The second-order valence-electron chi connectivity index (χ2n) is 4.07. The number of rotatable bonds is 1. The molecule has 0 radical (unpaired) electrons. The molecule has 0 spiro atoms. The van der Waals surface area contributed by atoms with Gasteiger partial charge in [0, 0.05) is 24.2 Å². The summed E-state index contributed by atoms with van der Waals surface area (Å²) in [6, 6.07) is 8.38. The Bertz CT molecular complexity index is 333. The molecule has 0 fully saturated rings. The fourth-order valence-corrected chi connectivity index (χ4v) is 1.73. The number of benzene rings is 1. The summed E-state index contributed by atoms with van der Waals surface area (Å²) in [6.45, 7) is 9.12. The van der Waals surface area contributed by atoms with E-state index in [-0.39, 0.29) is 5.41 Å². The minimum atomic E-state index is 0.136. The van der Waals surface area contributed by atoms with Gasteiger partial charge in [0.25, 0.3) is 0 Å². The van der Waals surface area contributed by atoms with Gasteiger partial charge < -0.3 is 11.1 Å². The maximum Gasteiger partial charge on any atom is 0.0379 e. The van der Waals surface area contributed by atoms with Gasteiger partial charge in [0.15, 0.2) is 0 Å². The molecule has 1 aromatic carbocycles. The average molecular weight is 204 g/mol. The van der Waals surface area contributed by atoms with E-state index >= 15 is 0 Å². The first-order valence-corrected chi connectivity index (χ1v) is 5.28. The number of nitrogens with two attached hydrogens (primary N) is 1. The number of hydrogen-bond acceptors (Lipinski definition) is 2. The molecule has 0 aliphatic carbocycles. The van der Waals surface area contributed by atoms with Crippen LogP contribution in [0.25, 0.3) is 0 Å². The van der Waals surface area contributed by atoms with Crippen LogP contribution in [-0.4, -0.2) is 13.1 Å². The van der Waals surface area contributed by atoms with Crippen LogP contribution in [0.15, 0.2) is 36.9 Å². The number of allylic oxidation sites excluding steroid dienone is 1. The molecule has 1 unspecified atom stereocenters. The van der Waals surface area contributed by atoms with E-state index in [2.05, 4.69) is 37.0 Å². The summed E-state index contributed by atoms with van der Waals surface area (Å²) in [7, 11) is 0. The third-order valence-electron chi connectivity index (χ3n) is 2.70. The zero-order valence-corrected chi connectivity index (χ0v) is 9.59. The van der Waals surface area contributed by atoms with Gasteiger partial charge in [-0.3, -0.25) is 0 Å². The molecular formula is C13H20N2. The van der Waals surface area contributed by atoms with E-state index in [0.29, 0.717) is 6.54 Å². The Labute approximate surface area is 92.2 Å². The van der Waals surface area contributed by atoms with E-state index in [4.69, 9.17) is 5.73 Å². The maximum absolute atomic E-state index is 5.74. The van der Waals surface area contributed by atoms with Gasteiger partial charge in [-0.05, 0) is 18.6 Å². The van der Waals surface area contributed by atoms with Crippen molar-refractivity contribution < 1.29 is 0 Å². The SMILES string of the molecule is C=CC.CC1(CN)CNc2ccccc21. The van der Waals surface area contributed by atoms with E-state index in [1.54, 1.807) is 6.08 Å². The van der Waals surface area contributed by atoms with Crippen molar-refractivity contribution in [3.8, 4) is 0 Å². The molecule has 0 saturated carbocycles. The molecule has 82 valence electrons. The monoisotopic (exact) mass is 204 g/mol. The number of fused-ring (bicyclic) bond motifs is 1. The standard InChI is InChI=1S/C10H14N2.C3H6/c1-10(6-11)7-12-9-5-3-2-4-8(9)10;1-3-2/h2-5,12H,6-7,11H2,1H3;3H,1H2,2H3. The second-order valence-corrected chi connectivity index (χ2v) is 4.07. The fourth-order valence-electron chi connectivity index (χ4n) is 1.73. The van der Waals surface area contributed by atoms with E-state index in [1.807, 2.05) is 13.0 Å². The van der Waals surface area contributed by atoms with Crippen molar-refractivity contribution in [3.05, 3.63) is 42.5 Å². The molecule has 1 aromatic rings. The highest BCUT2D eigenvalue weighted by molar-refractivity contribution is 5.60. The van der Waals surface area contributed by atoms with Crippen molar-refractivity contribution in [2.45, 2.75) is 19.3 Å². The van der Waals surface area contributed by atoms with Crippen molar-refractivity contribution in [2.24, 2.45) is 5.73 Å². The molecular weight excluding hydrogens is 184 g/mol. The van der Waals surface area contributed by atoms with E-state index < -0.39 is 0 Å². The fraction of sp³-hybridized carbons (Fsp3) is 0.385. The Kier molecular flexibility index (Phi) is 3.92. The highest BCUT2D eigenvalue weighted by Crippen LogP contribution is 2.35. The Morgan fingerprint density at radius 3 is 2.73 bits per heavy atom. The summed E-state index contributed by atoms with van der Waals surface area (Å²) in [5, 5.41) is 3.36. The Hall–Kier alpha value is -1.28. The van der Waals surface area contributed by atoms with E-state index in [9.17, 15) is 0 Å². The Morgan fingerprint density at radius 1 is 1.53 bits per heavy atom. The predicted molar refractivity (Wildman–Crippen MR) is 67.2 cm³/mol. The molecule has 1 atom stereocenters. The molecule has 1 aliphatic rings. The smallest absolute Gasteiger partial charge is 0.0379 e. The normalized spacial score (nSPS) is 22.1. The van der Waals surface area contributed by atoms with Gasteiger partial charge in [-0.15, -0.1) is 6.58 Å². The lowest BCUT2D eigenvalue weighted by atomic mass is 9.85. The molecule has 3 N–H and O–H groups in total. The number of nitrogens with one attached hydrogen (secondary N) is 1. The molecule has 0 aromatic heterocycles. The summed E-state index contributed by atoms with van der Waals surface area (Å²) < 4.78 is 0. The average Bonchev–Trinajstić information content (AvgIpc) is 2.60. The first-order chi connectivity index (χ1) is 7.18. The highest BCUT2D eigenvalue weighted by Gasteiger charge is 2.32. The molecule has 1 aliphatic heterocycles. The summed E-state index contributed by atoms with van der Waals surface area (Å²) in [5.41, 5.74) is 8.47. The van der Waals surface area contributed by atoms with Crippen molar-refractivity contribution in [1.82, 2.24) is 0 Å². The van der Waals surface area contributed by atoms with Crippen molar-refractivity contribution in [1.29, 1.82) is 0 Å². The Morgan fingerprint density at radius 2 is 2.13 bits per heavy atom. The summed E-state index contributed by atoms with van der Waals surface area (Å²) >= 11 is 0. The van der Waals surface area contributed by atoms with Crippen LogP contribution in [0.5, 0.6) is 0 Å². The first-order valence-electron chi connectivity index (χ1n) is 5.28. The third-order valence-corrected chi connectivity index (χ3v) is 2.70. The number of hydrogen-bond donors (Lipinski definition) is 2. The van der Waals surface area contributed by atoms with Gasteiger partial charge in [0.05, 0.1) is 0 Å². The maximum atomic E-state index is 5.74. The Balaban J connectivity index is 0.000000337. The summed E-state index contributed by atoms with van der Waals surface area (Å²) in [4.78, 5) is 0. The van der Waals surface area contributed by atoms with Gasteiger partial charge in [-0.1, -0.05) is 31.2 Å². The molecule has 0 bridgehead atoms. The minimum Gasteiger partial charge on any atom is -0.384 e. The number of anilines is 1. The zero-order valence-electron chi connectivity index (χ0n) is 9.59. The van der Waals surface area contributed by atoms with Gasteiger partial charge in [-0.2, -0.15) is 0 Å². The lowest BCUT2D eigenvalue weighted by molar-refractivity contribution is 0.536. The van der Waals surface area contributed by atoms with Gasteiger partial charge in [0.2, 0.25) is 0 Å². The van der Waals surface area contributed by atoms with Crippen LogP contribution in [0.3, 0.4) is 0 Å². The van der Waals surface area contributed by atoms with Crippen LogP contribution < -0.4 is 11.1 Å². The molecule has 15 heavy (non-hydrogen) atoms. The molecule has 2 nitrogen and oxygen atoms in total. The van der Waals surface area contributed by atoms with Crippen LogP contribution in [0.1, 0.15) is 19.4 Å². The van der Waals surface area contributed by atoms with Crippen molar-refractivity contribution in [2.75, 3.05) is 18.4 Å². The van der Waals surface area contributed by atoms with Crippen LogP contribution >= 0.6 is 0 Å². The van der Waals surface area contributed by atoms with E-state index in [1.165, 1.54) is 11.3 Å². The molecule has 0 saturated heterocycles. The van der Waals surface area contributed by atoms with E-state index in [0.717, 1.165) is 6.54 Å². The highest BCUT2D eigenvalue weighted by atomic mass is 14.9. The van der Waals surface area contributed by atoms with Gasteiger partial charge in [0.1, 0.15) is 0 Å². The largest absolute Gasteiger partial charge is 0.384 e. The first kappa shape index (κ1) is 11.8. The molecule has 2 heteroatoms. The van der Waals surface area contributed by atoms with Crippen LogP contribution in [0, 0.1) is 0 Å². The topological polar surface area (TPSA) is 38.0 Å². The van der Waals surface area contributed by atoms with Gasteiger partial charge in [-0.25, -0.2) is 0 Å². The van der Waals surface area contributed by atoms with Crippen LogP contribution in [0.4, 0.5) is 5.69 Å². The second kappa shape index (κ2) is 4.99. The number of para-hydroxylation sites is 1. The molecule has 0 amide bonds. The zero-order chi connectivity index (χ0) is 11.3. The minimum absolute atomic E-state index is 0.136.